The maximum atomic E-state index is 11.6. The van der Waals surface area contributed by atoms with Crippen LogP contribution in [0.25, 0.3) is 0 Å². The van der Waals surface area contributed by atoms with E-state index < -0.39 is 17.9 Å². The van der Waals surface area contributed by atoms with E-state index in [0.717, 1.165) is 16.6 Å². The number of carbonyl (C=O) groups is 3. The SMILES string of the molecule is CCOC(=O)C=CC(=O)OCCCC(=O)Oc1ccc(Br)cc1. The Kier molecular flexibility index (Phi) is 8.67. The Balaban J connectivity index is 2.18. The van der Waals surface area contributed by atoms with Gasteiger partial charge in [-0.05, 0) is 37.6 Å². The fraction of sp³-hybridized carbons (Fsp3) is 0.312. The van der Waals surface area contributed by atoms with Crippen molar-refractivity contribution in [1.29, 1.82) is 0 Å². The van der Waals surface area contributed by atoms with Crippen LogP contribution in [0.2, 0.25) is 0 Å². The lowest BCUT2D eigenvalue weighted by Crippen LogP contribution is -2.10. The van der Waals surface area contributed by atoms with Gasteiger partial charge in [0, 0.05) is 23.0 Å². The highest BCUT2D eigenvalue weighted by molar-refractivity contribution is 9.10. The lowest BCUT2D eigenvalue weighted by molar-refractivity contribution is -0.141. The number of hydrogen-bond donors (Lipinski definition) is 0. The maximum Gasteiger partial charge on any atom is 0.331 e. The third kappa shape index (κ3) is 8.77. The van der Waals surface area contributed by atoms with E-state index in [-0.39, 0.29) is 19.6 Å². The molecule has 1 rings (SSSR count). The average molecular weight is 385 g/mol. The van der Waals surface area contributed by atoms with Crippen LogP contribution < -0.4 is 4.74 Å². The summed E-state index contributed by atoms with van der Waals surface area (Å²) in [5.74, 6) is -1.24. The van der Waals surface area contributed by atoms with Crippen LogP contribution in [-0.2, 0) is 23.9 Å². The second-order valence-electron chi connectivity index (χ2n) is 4.28. The van der Waals surface area contributed by atoms with Gasteiger partial charge < -0.3 is 14.2 Å². The summed E-state index contributed by atoms with van der Waals surface area (Å²) < 4.78 is 15.5. The van der Waals surface area contributed by atoms with Crippen LogP contribution in [0.1, 0.15) is 19.8 Å². The number of halogens is 1. The van der Waals surface area contributed by atoms with Gasteiger partial charge in [0.05, 0.1) is 13.2 Å². The highest BCUT2D eigenvalue weighted by atomic mass is 79.9. The Morgan fingerprint density at radius 2 is 1.65 bits per heavy atom. The summed E-state index contributed by atoms with van der Waals surface area (Å²) in [5, 5.41) is 0. The van der Waals surface area contributed by atoms with Gasteiger partial charge in [0.2, 0.25) is 0 Å². The molecule has 23 heavy (non-hydrogen) atoms. The van der Waals surface area contributed by atoms with Gasteiger partial charge in [0.25, 0.3) is 0 Å². The van der Waals surface area contributed by atoms with Crippen molar-refractivity contribution in [2.24, 2.45) is 0 Å². The van der Waals surface area contributed by atoms with Crippen molar-refractivity contribution in [2.45, 2.75) is 19.8 Å². The van der Waals surface area contributed by atoms with Crippen LogP contribution in [0.4, 0.5) is 0 Å². The third-order valence-corrected chi connectivity index (χ3v) is 2.99. The molecule has 0 spiro atoms. The average Bonchev–Trinajstić information content (AvgIpc) is 2.52. The molecule has 0 fully saturated rings. The van der Waals surface area contributed by atoms with E-state index in [1.54, 1.807) is 31.2 Å². The van der Waals surface area contributed by atoms with Crippen molar-refractivity contribution >= 4 is 33.8 Å². The van der Waals surface area contributed by atoms with Crippen LogP contribution >= 0.6 is 15.9 Å². The first-order chi connectivity index (χ1) is 11.0. The Labute approximate surface area is 142 Å². The predicted molar refractivity (Wildman–Crippen MR) is 85.7 cm³/mol. The number of rotatable bonds is 8. The van der Waals surface area contributed by atoms with Crippen LogP contribution in [0.15, 0.2) is 40.9 Å². The number of hydrogen-bond acceptors (Lipinski definition) is 6. The van der Waals surface area contributed by atoms with E-state index in [9.17, 15) is 14.4 Å². The van der Waals surface area contributed by atoms with Gasteiger partial charge in [-0.15, -0.1) is 0 Å². The summed E-state index contributed by atoms with van der Waals surface area (Å²) in [5.41, 5.74) is 0. The van der Waals surface area contributed by atoms with Gasteiger partial charge in [-0.2, -0.15) is 0 Å². The molecule has 0 aliphatic heterocycles. The largest absolute Gasteiger partial charge is 0.463 e. The monoisotopic (exact) mass is 384 g/mol. The summed E-state index contributed by atoms with van der Waals surface area (Å²) in [7, 11) is 0. The van der Waals surface area contributed by atoms with E-state index >= 15 is 0 Å². The Morgan fingerprint density at radius 1 is 1.04 bits per heavy atom. The molecule has 6 nitrogen and oxygen atoms in total. The van der Waals surface area contributed by atoms with Crippen LogP contribution in [0.5, 0.6) is 5.75 Å². The van der Waals surface area contributed by atoms with E-state index in [0.29, 0.717) is 12.2 Å². The second kappa shape index (κ2) is 10.6. The number of ether oxygens (including phenoxy) is 3. The molecule has 0 aliphatic rings. The first-order valence-electron chi connectivity index (χ1n) is 6.99. The van der Waals surface area contributed by atoms with E-state index in [1.165, 1.54) is 0 Å². The number of carbonyl (C=O) groups excluding carboxylic acids is 3. The molecule has 0 aromatic heterocycles. The topological polar surface area (TPSA) is 78.9 Å². The van der Waals surface area contributed by atoms with Crippen molar-refractivity contribution in [3.63, 3.8) is 0 Å². The fourth-order valence-electron chi connectivity index (χ4n) is 1.45. The van der Waals surface area contributed by atoms with Gasteiger partial charge in [-0.1, -0.05) is 15.9 Å². The zero-order chi connectivity index (χ0) is 17.1. The summed E-state index contributed by atoms with van der Waals surface area (Å²) in [4.78, 5) is 33.8. The van der Waals surface area contributed by atoms with Gasteiger partial charge in [-0.3, -0.25) is 4.79 Å². The zero-order valence-electron chi connectivity index (χ0n) is 12.6. The molecule has 0 saturated carbocycles. The molecular weight excluding hydrogens is 368 g/mol. The van der Waals surface area contributed by atoms with Crippen molar-refractivity contribution in [2.75, 3.05) is 13.2 Å². The van der Waals surface area contributed by atoms with Crippen molar-refractivity contribution < 1.29 is 28.6 Å². The van der Waals surface area contributed by atoms with Crippen molar-refractivity contribution in [1.82, 2.24) is 0 Å². The molecule has 0 radical (unpaired) electrons. The highest BCUT2D eigenvalue weighted by Crippen LogP contribution is 2.16. The minimum atomic E-state index is -0.667. The fourth-order valence-corrected chi connectivity index (χ4v) is 1.71. The van der Waals surface area contributed by atoms with Crippen LogP contribution in [-0.4, -0.2) is 31.1 Å². The van der Waals surface area contributed by atoms with Crippen molar-refractivity contribution in [3.8, 4) is 5.75 Å². The lowest BCUT2D eigenvalue weighted by atomic mass is 10.3. The van der Waals surface area contributed by atoms with E-state index in [2.05, 4.69) is 20.7 Å². The minimum absolute atomic E-state index is 0.0570. The molecule has 1 aromatic carbocycles. The molecular formula is C16H17BrO6. The Morgan fingerprint density at radius 3 is 2.26 bits per heavy atom. The molecule has 0 amide bonds. The van der Waals surface area contributed by atoms with Crippen LogP contribution in [0, 0.1) is 0 Å². The summed E-state index contributed by atoms with van der Waals surface area (Å²) in [6.07, 6.45) is 2.42. The first-order valence-corrected chi connectivity index (χ1v) is 7.78. The van der Waals surface area contributed by atoms with E-state index in [1.807, 2.05) is 0 Å². The zero-order valence-corrected chi connectivity index (χ0v) is 14.2. The van der Waals surface area contributed by atoms with Gasteiger partial charge in [0.1, 0.15) is 5.75 Å². The number of benzene rings is 1. The number of esters is 3. The van der Waals surface area contributed by atoms with Gasteiger partial charge in [-0.25, -0.2) is 9.59 Å². The molecule has 124 valence electrons. The highest BCUT2D eigenvalue weighted by Gasteiger charge is 2.06. The predicted octanol–water partition coefficient (Wildman–Crippen LogP) is 2.80. The second-order valence-corrected chi connectivity index (χ2v) is 5.20. The Bertz CT molecular complexity index is 564. The minimum Gasteiger partial charge on any atom is -0.463 e. The molecule has 0 unspecified atom stereocenters. The summed E-state index contributed by atoms with van der Waals surface area (Å²) in [6, 6.07) is 6.87. The van der Waals surface area contributed by atoms with Crippen LogP contribution in [0.3, 0.4) is 0 Å². The standard InChI is InChI=1S/C16H17BrO6/c1-2-21-14(18)9-10-15(19)22-11-3-4-16(20)23-13-7-5-12(17)6-8-13/h5-10H,2-4,11H2,1H3. The molecule has 0 heterocycles. The third-order valence-electron chi connectivity index (χ3n) is 2.46. The summed E-state index contributed by atoms with van der Waals surface area (Å²) >= 11 is 3.28. The van der Waals surface area contributed by atoms with Gasteiger partial charge >= 0.3 is 17.9 Å². The molecule has 7 heteroatoms. The maximum absolute atomic E-state index is 11.6. The molecule has 0 saturated heterocycles. The quantitative estimate of drug-likeness (QED) is 0.296. The Hall–Kier alpha value is -2.15. The molecule has 1 aromatic rings. The molecule has 0 bridgehead atoms. The first kappa shape index (κ1) is 18.9. The molecule has 0 aliphatic carbocycles. The lowest BCUT2D eigenvalue weighted by Gasteiger charge is -2.04. The smallest absolute Gasteiger partial charge is 0.331 e. The van der Waals surface area contributed by atoms with Gasteiger partial charge in [0.15, 0.2) is 0 Å². The van der Waals surface area contributed by atoms with E-state index in [4.69, 9.17) is 9.47 Å². The summed E-state index contributed by atoms with van der Waals surface area (Å²) in [6.45, 7) is 1.96. The normalized spacial score (nSPS) is 10.3. The molecule has 0 N–H and O–H groups in total. The molecule has 0 atom stereocenters. The van der Waals surface area contributed by atoms with Crippen molar-refractivity contribution in [3.05, 3.63) is 40.9 Å².